The summed E-state index contributed by atoms with van der Waals surface area (Å²) in [5.41, 5.74) is 1.45. The Morgan fingerprint density at radius 3 is 2.83 bits per heavy atom. The Bertz CT molecular complexity index is 1090. The standard InChI is InChI=1S/C19H17Br2N5O2S/c1-10-4-5-26(19(28)17-13(21)9-29-25-17)8-15(10)24-18(27)14-3-2-11-6-22-7-12(20)16(11)23-14/h2-3,6-7,9-10,15H,4-5,8H2,1H3,(H,24,27). The van der Waals surface area contributed by atoms with Gasteiger partial charge in [0.15, 0.2) is 5.69 Å². The van der Waals surface area contributed by atoms with Gasteiger partial charge in [0.2, 0.25) is 0 Å². The summed E-state index contributed by atoms with van der Waals surface area (Å²) in [6.45, 7) is 3.17. The molecule has 1 aliphatic rings. The number of hydrogen-bond donors (Lipinski definition) is 1. The number of aromatic nitrogens is 3. The highest BCUT2D eigenvalue weighted by Crippen LogP contribution is 2.24. The van der Waals surface area contributed by atoms with E-state index in [2.05, 4.69) is 58.4 Å². The number of rotatable bonds is 3. The van der Waals surface area contributed by atoms with Crippen LogP contribution in [0.25, 0.3) is 10.9 Å². The van der Waals surface area contributed by atoms with Crippen molar-refractivity contribution in [3.8, 4) is 0 Å². The van der Waals surface area contributed by atoms with Crippen LogP contribution >= 0.6 is 43.4 Å². The summed E-state index contributed by atoms with van der Waals surface area (Å²) in [6, 6.07) is 3.36. The Kier molecular flexibility index (Phi) is 5.93. The molecule has 2 atom stereocenters. The topological polar surface area (TPSA) is 88.1 Å². The normalized spacial score (nSPS) is 19.3. The first-order valence-electron chi connectivity index (χ1n) is 9.04. The molecule has 150 valence electrons. The van der Waals surface area contributed by atoms with E-state index in [-0.39, 0.29) is 23.8 Å². The zero-order valence-electron chi connectivity index (χ0n) is 15.4. The van der Waals surface area contributed by atoms with Crippen molar-refractivity contribution in [2.75, 3.05) is 13.1 Å². The number of piperidine rings is 1. The zero-order valence-corrected chi connectivity index (χ0v) is 19.4. The van der Waals surface area contributed by atoms with Gasteiger partial charge in [-0.25, -0.2) is 4.98 Å². The molecule has 0 saturated carbocycles. The molecule has 1 fully saturated rings. The van der Waals surface area contributed by atoms with Crippen LogP contribution < -0.4 is 5.32 Å². The van der Waals surface area contributed by atoms with E-state index in [1.165, 1.54) is 11.5 Å². The lowest BCUT2D eigenvalue weighted by atomic mass is 9.93. The van der Waals surface area contributed by atoms with Crippen molar-refractivity contribution in [3.05, 3.63) is 50.2 Å². The first-order chi connectivity index (χ1) is 13.9. The molecule has 4 heterocycles. The van der Waals surface area contributed by atoms with Gasteiger partial charge < -0.3 is 10.2 Å². The molecule has 7 nitrogen and oxygen atoms in total. The van der Waals surface area contributed by atoms with E-state index in [9.17, 15) is 9.59 Å². The summed E-state index contributed by atoms with van der Waals surface area (Å²) in [7, 11) is 0. The number of pyridine rings is 2. The minimum atomic E-state index is -0.253. The molecular formula is C19H17Br2N5O2S. The fraction of sp³-hybridized carbons (Fsp3) is 0.316. The number of carbonyl (C=O) groups is 2. The number of nitrogens with one attached hydrogen (secondary N) is 1. The van der Waals surface area contributed by atoms with Crippen LogP contribution in [-0.4, -0.2) is 50.2 Å². The molecule has 3 aromatic heterocycles. The van der Waals surface area contributed by atoms with E-state index in [1.807, 2.05) is 6.07 Å². The quantitative estimate of drug-likeness (QED) is 0.546. The first kappa shape index (κ1) is 20.4. The molecule has 0 spiro atoms. The molecule has 2 unspecified atom stereocenters. The monoisotopic (exact) mass is 537 g/mol. The number of likely N-dealkylation sites (tertiary alicyclic amines) is 1. The SMILES string of the molecule is CC1CCN(C(=O)c2nscc2Br)CC1NC(=O)c1ccc2cncc(Br)c2n1. The second-order valence-electron chi connectivity index (χ2n) is 7.00. The number of carbonyl (C=O) groups excluding carboxylic acids is 2. The average molecular weight is 539 g/mol. The average Bonchev–Trinajstić information content (AvgIpc) is 3.15. The summed E-state index contributed by atoms with van der Waals surface area (Å²) in [5.74, 6) is -0.126. The Labute approximate surface area is 188 Å². The molecule has 1 N–H and O–H groups in total. The maximum absolute atomic E-state index is 12.8. The molecule has 10 heteroatoms. The van der Waals surface area contributed by atoms with Crippen molar-refractivity contribution in [1.29, 1.82) is 0 Å². The summed E-state index contributed by atoms with van der Waals surface area (Å²) in [6.07, 6.45) is 4.17. The fourth-order valence-electron chi connectivity index (χ4n) is 3.34. The Hall–Kier alpha value is -1.91. The molecule has 2 amide bonds. The van der Waals surface area contributed by atoms with Crippen molar-refractivity contribution in [2.45, 2.75) is 19.4 Å². The van der Waals surface area contributed by atoms with E-state index in [0.29, 0.717) is 34.5 Å². The van der Waals surface area contributed by atoms with Crippen LogP contribution in [0.15, 0.2) is 38.9 Å². The smallest absolute Gasteiger partial charge is 0.274 e. The van der Waals surface area contributed by atoms with Crippen LogP contribution in [0.3, 0.4) is 0 Å². The third-order valence-corrected chi connectivity index (χ3v) is 7.19. The molecule has 0 aliphatic carbocycles. The molecule has 29 heavy (non-hydrogen) atoms. The fourth-order valence-corrected chi connectivity index (χ4v) is 4.94. The van der Waals surface area contributed by atoms with E-state index >= 15 is 0 Å². The van der Waals surface area contributed by atoms with Crippen LogP contribution in [0.4, 0.5) is 0 Å². The molecular weight excluding hydrogens is 522 g/mol. The van der Waals surface area contributed by atoms with Crippen LogP contribution in [0.1, 0.15) is 34.3 Å². The predicted molar refractivity (Wildman–Crippen MR) is 118 cm³/mol. The van der Waals surface area contributed by atoms with Gasteiger partial charge in [0, 0.05) is 42.3 Å². The minimum absolute atomic E-state index is 0.121. The zero-order chi connectivity index (χ0) is 20.5. The van der Waals surface area contributed by atoms with Gasteiger partial charge in [-0.3, -0.25) is 14.6 Å². The van der Waals surface area contributed by atoms with Crippen molar-refractivity contribution in [1.82, 2.24) is 24.6 Å². The molecule has 0 aromatic carbocycles. The van der Waals surface area contributed by atoms with Gasteiger partial charge >= 0.3 is 0 Å². The maximum Gasteiger partial charge on any atom is 0.274 e. The van der Waals surface area contributed by atoms with Gasteiger partial charge in [0.1, 0.15) is 5.69 Å². The first-order valence-corrected chi connectivity index (χ1v) is 11.5. The Balaban J connectivity index is 1.50. The van der Waals surface area contributed by atoms with Crippen LogP contribution in [0.2, 0.25) is 0 Å². The van der Waals surface area contributed by atoms with E-state index in [4.69, 9.17) is 0 Å². The maximum atomic E-state index is 12.8. The third-order valence-electron chi connectivity index (χ3n) is 5.08. The second-order valence-corrected chi connectivity index (χ2v) is 9.34. The Morgan fingerprint density at radius 2 is 2.07 bits per heavy atom. The van der Waals surface area contributed by atoms with Gasteiger partial charge in [-0.2, -0.15) is 4.37 Å². The van der Waals surface area contributed by atoms with Gasteiger partial charge in [0.25, 0.3) is 11.8 Å². The summed E-state index contributed by atoms with van der Waals surface area (Å²) >= 11 is 8.04. The summed E-state index contributed by atoms with van der Waals surface area (Å²) in [4.78, 5) is 36.0. The number of amides is 2. The lowest BCUT2D eigenvalue weighted by Gasteiger charge is -2.37. The molecule has 1 saturated heterocycles. The molecule has 0 bridgehead atoms. The molecule has 4 rings (SSSR count). The highest BCUT2D eigenvalue weighted by Gasteiger charge is 2.32. The molecule has 3 aromatic rings. The van der Waals surface area contributed by atoms with Crippen molar-refractivity contribution < 1.29 is 9.59 Å². The van der Waals surface area contributed by atoms with Crippen LogP contribution in [-0.2, 0) is 0 Å². The van der Waals surface area contributed by atoms with Gasteiger partial charge in [-0.05, 0) is 67.9 Å². The highest BCUT2D eigenvalue weighted by molar-refractivity contribution is 9.11. The number of hydrogen-bond acceptors (Lipinski definition) is 6. The van der Waals surface area contributed by atoms with E-state index < -0.39 is 0 Å². The third kappa shape index (κ3) is 4.19. The molecule has 1 aliphatic heterocycles. The van der Waals surface area contributed by atoms with Gasteiger partial charge in [-0.15, -0.1) is 0 Å². The number of halogens is 2. The second kappa shape index (κ2) is 8.45. The van der Waals surface area contributed by atoms with E-state index in [0.717, 1.165) is 16.3 Å². The van der Waals surface area contributed by atoms with Crippen molar-refractivity contribution in [3.63, 3.8) is 0 Å². The van der Waals surface area contributed by atoms with Crippen molar-refractivity contribution >= 4 is 66.1 Å². The highest BCUT2D eigenvalue weighted by atomic mass is 79.9. The van der Waals surface area contributed by atoms with Gasteiger partial charge in [-0.1, -0.05) is 6.92 Å². The predicted octanol–water partition coefficient (Wildman–Crippen LogP) is 3.89. The lowest BCUT2D eigenvalue weighted by molar-refractivity contribution is 0.0619. The summed E-state index contributed by atoms with van der Waals surface area (Å²) < 4.78 is 5.62. The number of nitrogens with zero attached hydrogens (tertiary/aromatic N) is 4. The minimum Gasteiger partial charge on any atom is -0.346 e. The lowest BCUT2D eigenvalue weighted by Crippen LogP contribution is -2.53. The van der Waals surface area contributed by atoms with Gasteiger partial charge in [0.05, 0.1) is 14.5 Å². The molecule has 0 radical (unpaired) electrons. The van der Waals surface area contributed by atoms with Crippen LogP contribution in [0, 0.1) is 5.92 Å². The van der Waals surface area contributed by atoms with Crippen molar-refractivity contribution in [2.24, 2.45) is 5.92 Å². The van der Waals surface area contributed by atoms with E-state index in [1.54, 1.807) is 28.7 Å². The van der Waals surface area contributed by atoms with Crippen LogP contribution in [0.5, 0.6) is 0 Å². The summed E-state index contributed by atoms with van der Waals surface area (Å²) in [5, 5.41) is 5.70. The Morgan fingerprint density at radius 1 is 1.24 bits per heavy atom. The number of fused-ring (bicyclic) bond motifs is 1. The largest absolute Gasteiger partial charge is 0.346 e.